The molecule has 2 fully saturated rings. The second-order valence-corrected chi connectivity index (χ2v) is 9.18. The van der Waals surface area contributed by atoms with Gasteiger partial charge in [0.05, 0.1) is 0 Å². The number of hydrogen-bond acceptors (Lipinski definition) is 4. The predicted molar refractivity (Wildman–Crippen MR) is 77.1 cm³/mol. The van der Waals surface area contributed by atoms with Gasteiger partial charge in [-0.15, -0.1) is 11.3 Å². The molecule has 2 aliphatic rings. The molecule has 20 heavy (non-hydrogen) atoms. The lowest BCUT2D eigenvalue weighted by Gasteiger charge is -2.37. The molecule has 1 N–H and O–H groups in total. The van der Waals surface area contributed by atoms with E-state index >= 15 is 0 Å². The maximum atomic E-state index is 12.5. The van der Waals surface area contributed by atoms with E-state index in [1.165, 1.54) is 11.3 Å². The average Bonchev–Trinajstić information content (AvgIpc) is 2.98. The van der Waals surface area contributed by atoms with Crippen LogP contribution >= 0.6 is 11.3 Å². The van der Waals surface area contributed by atoms with Crippen LogP contribution in [0.3, 0.4) is 0 Å². The Labute approximate surface area is 123 Å². The van der Waals surface area contributed by atoms with E-state index in [2.05, 4.69) is 5.32 Å². The minimum atomic E-state index is -3.35. The lowest BCUT2D eigenvalue weighted by Crippen LogP contribution is -2.43. The Morgan fingerprint density at radius 3 is 2.50 bits per heavy atom. The van der Waals surface area contributed by atoms with Crippen molar-refractivity contribution in [3.8, 4) is 0 Å². The van der Waals surface area contributed by atoms with Gasteiger partial charge < -0.3 is 5.32 Å². The highest BCUT2D eigenvalue weighted by molar-refractivity contribution is 7.91. The molecule has 0 unspecified atom stereocenters. The van der Waals surface area contributed by atoms with Crippen molar-refractivity contribution >= 4 is 27.3 Å². The van der Waals surface area contributed by atoms with Crippen molar-refractivity contribution in [2.75, 3.05) is 19.6 Å². The smallest absolute Gasteiger partial charge is 0.252 e. The molecule has 0 radical (unpaired) electrons. The Kier molecular flexibility index (Phi) is 3.38. The van der Waals surface area contributed by atoms with Crippen LogP contribution in [-0.4, -0.2) is 38.3 Å². The van der Waals surface area contributed by atoms with Gasteiger partial charge in [-0.3, -0.25) is 4.79 Å². The molecule has 2 aliphatic heterocycles. The van der Waals surface area contributed by atoms with Crippen LogP contribution in [0, 0.1) is 12.3 Å². The largest absolute Gasteiger partial charge is 0.356 e. The quantitative estimate of drug-likeness (QED) is 0.896. The molecule has 0 bridgehead atoms. The van der Waals surface area contributed by atoms with Gasteiger partial charge in [0.25, 0.3) is 10.0 Å². The molecule has 0 saturated carbocycles. The number of nitrogens with zero attached hydrogens (tertiary/aromatic N) is 1. The molecule has 7 heteroatoms. The minimum absolute atomic E-state index is 0.0194. The molecule has 1 spiro atoms. The minimum Gasteiger partial charge on any atom is -0.356 e. The highest BCUT2D eigenvalue weighted by Gasteiger charge is 2.43. The highest BCUT2D eigenvalue weighted by atomic mass is 32.2. The summed E-state index contributed by atoms with van der Waals surface area (Å²) in [6.07, 6.45) is 2.06. The van der Waals surface area contributed by atoms with E-state index in [9.17, 15) is 13.2 Å². The zero-order chi connectivity index (χ0) is 14.4. The summed E-state index contributed by atoms with van der Waals surface area (Å²) in [6.45, 7) is 3.62. The van der Waals surface area contributed by atoms with Gasteiger partial charge in [0.2, 0.25) is 5.91 Å². The fourth-order valence-corrected chi connectivity index (χ4v) is 5.86. The lowest BCUT2D eigenvalue weighted by atomic mass is 9.78. The van der Waals surface area contributed by atoms with Crippen molar-refractivity contribution in [3.63, 3.8) is 0 Å². The van der Waals surface area contributed by atoms with Gasteiger partial charge >= 0.3 is 0 Å². The number of carbonyl (C=O) groups excluding carboxylic acids is 1. The van der Waals surface area contributed by atoms with E-state index in [1.54, 1.807) is 10.4 Å². The van der Waals surface area contributed by atoms with Crippen molar-refractivity contribution in [2.45, 2.75) is 30.4 Å². The van der Waals surface area contributed by atoms with E-state index in [0.29, 0.717) is 30.3 Å². The topological polar surface area (TPSA) is 66.5 Å². The third-order valence-corrected chi connectivity index (χ3v) is 7.66. The van der Waals surface area contributed by atoms with Gasteiger partial charge in [-0.2, -0.15) is 4.31 Å². The number of thiophene rings is 1. The van der Waals surface area contributed by atoms with Crippen LogP contribution in [-0.2, 0) is 14.8 Å². The molecule has 1 aromatic heterocycles. The molecule has 0 atom stereocenters. The SMILES string of the molecule is Cc1ccc(S(=O)(=O)N2CCC3(CC2)CNC(=O)C3)s1. The molecule has 5 nitrogen and oxygen atoms in total. The third kappa shape index (κ3) is 2.38. The van der Waals surface area contributed by atoms with Crippen LogP contribution in [0.25, 0.3) is 0 Å². The second kappa shape index (κ2) is 4.82. The summed E-state index contributed by atoms with van der Waals surface area (Å²) in [7, 11) is -3.35. The first-order valence-corrected chi connectivity index (χ1v) is 9.00. The van der Waals surface area contributed by atoms with E-state index < -0.39 is 10.0 Å². The Balaban J connectivity index is 1.73. The maximum Gasteiger partial charge on any atom is 0.252 e. The Bertz CT molecular complexity index is 628. The van der Waals surface area contributed by atoms with Crippen molar-refractivity contribution in [1.29, 1.82) is 0 Å². The molecule has 0 aromatic carbocycles. The number of aryl methyl sites for hydroxylation is 1. The molecule has 1 amide bonds. The van der Waals surface area contributed by atoms with E-state index in [1.807, 2.05) is 13.0 Å². The standard InChI is InChI=1S/C13H18N2O3S2/c1-10-2-3-12(19-10)20(17,18)15-6-4-13(5-7-15)8-11(16)14-9-13/h2-3H,4-9H2,1H3,(H,14,16). The maximum absolute atomic E-state index is 12.5. The summed E-state index contributed by atoms with van der Waals surface area (Å²) in [6, 6.07) is 3.52. The van der Waals surface area contributed by atoms with Crippen LogP contribution < -0.4 is 5.32 Å². The number of rotatable bonds is 2. The van der Waals surface area contributed by atoms with Crippen molar-refractivity contribution in [1.82, 2.24) is 9.62 Å². The van der Waals surface area contributed by atoms with Crippen molar-refractivity contribution < 1.29 is 13.2 Å². The summed E-state index contributed by atoms with van der Waals surface area (Å²) in [5.41, 5.74) is -0.0194. The van der Waals surface area contributed by atoms with Gasteiger partial charge in [0, 0.05) is 30.9 Å². The predicted octanol–water partition coefficient (Wildman–Crippen LogP) is 1.35. The molecule has 0 aliphatic carbocycles. The number of carbonyl (C=O) groups is 1. The third-order valence-electron chi connectivity index (χ3n) is 4.29. The first-order chi connectivity index (χ1) is 9.41. The Hall–Kier alpha value is -0.920. The summed E-state index contributed by atoms with van der Waals surface area (Å²) in [5.74, 6) is 0.0928. The normalized spacial score (nSPS) is 23.1. The number of sulfonamides is 1. The zero-order valence-electron chi connectivity index (χ0n) is 11.4. The van der Waals surface area contributed by atoms with E-state index in [-0.39, 0.29) is 11.3 Å². The first-order valence-electron chi connectivity index (χ1n) is 6.75. The van der Waals surface area contributed by atoms with Gasteiger partial charge in [0.1, 0.15) is 4.21 Å². The Morgan fingerprint density at radius 1 is 1.30 bits per heavy atom. The van der Waals surface area contributed by atoms with E-state index in [0.717, 1.165) is 17.7 Å². The molecular weight excluding hydrogens is 296 g/mol. The van der Waals surface area contributed by atoms with Gasteiger partial charge in [0.15, 0.2) is 0 Å². The molecule has 3 heterocycles. The fraction of sp³-hybridized carbons (Fsp3) is 0.615. The molecule has 2 saturated heterocycles. The van der Waals surface area contributed by atoms with Crippen LogP contribution in [0.4, 0.5) is 0 Å². The van der Waals surface area contributed by atoms with Gasteiger partial charge in [-0.05, 0) is 37.3 Å². The fourth-order valence-electron chi connectivity index (χ4n) is 2.98. The van der Waals surface area contributed by atoms with Crippen molar-refractivity contribution in [3.05, 3.63) is 17.0 Å². The highest BCUT2D eigenvalue weighted by Crippen LogP contribution is 2.39. The summed E-state index contributed by atoms with van der Waals surface area (Å²) in [5, 5.41) is 2.86. The molecule has 110 valence electrons. The second-order valence-electron chi connectivity index (χ2n) is 5.72. The molecular formula is C13H18N2O3S2. The summed E-state index contributed by atoms with van der Waals surface area (Å²) >= 11 is 1.32. The van der Waals surface area contributed by atoms with Crippen molar-refractivity contribution in [2.24, 2.45) is 5.41 Å². The zero-order valence-corrected chi connectivity index (χ0v) is 13.0. The van der Waals surface area contributed by atoms with Gasteiger partial charge in [-0.25, -0.2) is 8.42 Å². The summed E-state index contributed by atoms with van der Waals surface area (Å²) < 4.78 is 27.0. The molecule has 1 aromatic rings. The number of amides is 1. The molecule has 3 rings (SSSR count). The Morgan fingerprint density at radius 2 is 2.00 bits per heavy atom. The summed E-state index contributed by atoms with van der Waals surface area (Å²) in [4.78, 5) is 12.4. The van der Waals surface area contributed by atoms with E-state index in [4.69, 9.17) is 0 Å². The first kappa shape index (κ1) is 14.0. The van der Waals surface area contributed by atoms with Crippen LogP contribution in [0.2, 0.25) is 0 Å². The number of piperidine rings is 1. The van der Waals surface area contributed by atoms with Crippen LogP contribution in [0.1, 0.15) is 24.1 Å². The number of hydrogen-bond donors (Lipinski definition) is 1. The van der Waals surface area contributed by atoms with Gasteiger partial charge in [-0.1, -0.05) is 0 Å². The number of nitrogens with one attached hydrogen (secondary N) is 1. The monoisotopic (exact) mass is 314 g/mol. The van der Waals surface area contributed by atoms with Crippen LogP contribution in [0.15, 0.2) is 16.3 Å². The average molecular weight is 314 g/mol. The lowest BCUT2D eigenvalue weighted by molar-refractivity contribution is -0.119. The van der Waals surface area contributed by atoms with Crippen LogP contribution in [0.5, 0.6) is 0 Å².